The number of methoxy groups -OCH3 is 3. The monoisotopic (exact) mass is 563 g/mol. The van der Waals surface area contributed by atoms with Crippen LogP contribution >= 0.6 is 23.2 Å². The molecular formula is C27H31Cl2N3O6. The van der Waals surface area contributed by atoms with Crippen molar-refractivity contribution in [3.63, 3.8) is 0 Å². The molecule has 0 aliphatic heterocycles. The van der Waals surface area contributed by atoms with E-state index in [-0.39, 0.29) is 32.1 Å². The first kappa shape index (κ1) is 29.2. The minimum atomic E-state index is -0.466. The van der Waals surface area contributed by atoms with Crippen molar-refractivity contribution >= 4 is 40.8 Å². The van der Waals surface area contributed by atoms with Crippen molar-refractivity contribution < 1.29 is 28.2 Å². The van der Waals surface area contributed by atoms with E-state index in [2.05, 4.69) is 5.32 Å². The van der Waals surface area contributed by atoms with Gasteiger partial charge in [-0.3, -0.25) is 4.79 Å². The number of carbonyl (C=O) groups is 2. The topological polar surface area (TPSA) is 93.5 Å². The number of nitrogens with one attached hydrogen (secondary N) is 1. The summed E-state index contributed by atoms with van der Waals surface area (Å²) in [5.74, 6) is 1.62. The lowest BCUT2D eigenvalue weighted by molar-refractivity contribution is -0.132. The highest BCUT2D eigenvalue weighted by Crippen LogP contribution is 2.28. The molecule has 0 bridgehead atoms. The number of hydrogen-bond acceptors (Lipinski definition) is 6. The van der Waals surface area contributed by atoms with Crippen LogP contribution in [0.1, 0.15) is 11.3 Å². The van der Waals surface area contributed by atoms with Gasteiger partial charge in [-0.2, -0.15) is 0 Å². The number of carbonyl (C=O) groups excluding carboxylic acids is 2. The Bertz CT molecular complexity index is 1210. The molecule has 3 amide bonds. The Morgan fingerprint density at radius 2 is 1.71 bits per heavy atom. The van der Waals surface area contributed by atoms with E-state index in [9.17, 15) is 9.59 Å². The van der Waals surface area contributed by atoms with Gasteiger partial charge in [0.05, 0.1) is 43.7 Å². The van der Waals surface area contributed by atoms with E-state index in [1.807, 2.05) is 18.2 Å². The summed E-state index contributed by atoms with van der Waals surface area (Å²) in [4.78, 5) is 29.6. The van der Waals surface area contributed by atoms with Gasteiger partial charge >= 0.3 is 6.03 Å². The van der Waals surface area contributed by atoms with E-state index < -0.39 is 6.03 Å². The van der Waals surface area contributed by atoms with Crippen LogP contribution in [0.3, 0.4) is 0 Å². The maximum absolute atomic E-state index is 13.5. The molecule has 3 aromatic rings. The van der Waals surface area contributed by atoms with E-state index >= 15 is 0 Å². The van der Waals surface area contributed by atoms with Crippen molar-refractivity contribution in [3.05, 3.63) is 76.2 Å². The van der Waals surface area contributed by atoms with Crippen LogP contribution in [0.15, 0.2) is 59.2 Å². The third-order valence-electron chi connectivity index (χ3n) is 5.75. The molecule has 0 aliphatic rings. The van der Waals surface area contributed by atoms with Crippen molar-refractivity contribution in [2.75, 3.05) is 52.9 Å². The lowest BCUT2D eigenvalue weighted by atomic mass is 10.1. The third kappa shape index (κ3) is 8.31. The highest BCUT2D eigenvalue weighted by Gasteiger charge is 2.23. The van der Waals surface area contributed by atoms with Gasteiger partial charge in [0.2, 0.25) is 5.91 Å². The predicted octanol–water partition coefficient (Wildman–Crippen LogP) is 5.36. The number of furan rings is 1. The molecule has 1 aromatic heterocycles. The molecule has 11 heteroatoms. The molecule has 1 N–H and O–H groups in total. The Morgan fingerprint density at radius 3 is 2.37 bits per heavy atom. The SMILES string of the molecule is COCCN(CC(=O)N(CCc1ccc(OC)c(OC)c1)Cc1ccco1)C(=O)Nc1ccc(Cl)c(Cl)c1. The van der Waals surface area contributed by atoms with Gasteiger partial charge in [-0.15, -0.1) is 0 Å². The van der Waals surface area contributed by atoms with Gasteiger partial charge in [0.1, 0.15) is 12.3 Å². The summed E-state index contributed by atoms with van der Waals surface area (Å²) >= 11 is 12.0. The molecule has 0 aliphatic carbocycles. The highest BCUT2D eigenvalue weighted by atomic mass is 35.5. The lowest BCUT2D eigenvalue weighted by Crippen LogP contribution is -2.46. The maximum Gasteiger partial charge on any atom is 0.322 e. The molecule has 0 spiro atoms. The van der Waals surface area contributed by atoms with Crippen LogP contribution in [-0.2, 0) is 22.5 Å². The van der Waals surface area contributed by atoms with Crippen molar-refractivity contribution in [2.45, 2.75) is 13.0 Å². The Balaban J connectivity index is 1.74. The quantitative estimate of drug-likeness (QED) is 0.301. The van der Waals surface area contributed by atoms with Gasteiger partial charge in [-0.1, -0.05) is 29.3 Å². The average molecular weight is 564 g/mol. The number of ether oxygens (including phenoxy) is 3. The summed E-state index contributed by atoms with van der Waals surface area (Å²) in [5, 5.41) is 3.45. The van der Waals surface area contributed by atoms with Crippen LogP contribution in [0, 0.1) is 0 Å². The van der Waals surface area contributed by atoms with Crippen LogP contribution < -0.4 is 14.8 Å². The summed E-state index contributed by atoms with van der Waals surface area (Å²) in [7, 11) is 4.68. The molecule has 0 saturated carbocycles. The van der Waals surface area contributed by atoms with Crippen LogP contribution in [0.25, 0.3) is 0 Å². The van der Waals surface area contributed by atoms with Crippen LogP contribution in [0.4, 0.5) is 10.5 Å². The summed E-state index contributed by atoms with van der Waals surface area (Å²) < 4.78 is 21.3. The normalized spacial score (nSPS) is 10.7. The zero-order valence-corrected chi connectivity index (χ0v) is 23.1. The van der Waals surface area contributed by atoms with Gasteiger partial charge in [-0.05, 0) is 54.4 Å². The first-order valence-electron chi connectivity index (χ1n) is 11.9. The number of halogens is 2. The number of benzene rings is 2. The fraction of sp³-hybridized carbons (Fsp3) is 0.333. The van der Waals surface area contributed by atoms with Gasteiger partial charge in [0.25, 0.3) is 0 Å². The van der Waals surface area contributed by atoms with Crippen molar-refractivity contribution in [3.8, 4) is 11.5 Å². The predicted molar refractivity (Wildman–Crippen MR) is 146 cm³/mol. The molecule has 1 heterocycles. The largest absolute Gasteiger partial charge is 0.493 e. The summed E-state index contributed by atoms with van der Waals surface area (Å²) in [6.07, 6.45) is 2.11. The third-order valence-corrected chi connectivity index (χ3v) is 6.49. The Labute approximate surface area is 232 Å². The second-order valence-corrected chi connectivity index (χ2v) is 9.12. The molecule has 3 rings (SSSR count). The molecular weight excluding hydrogens is 533 g/mol. The second-order valence-electron chi connectivity index (χ2n) is 8.31. The number of amides is 3. The number of urea groups is 1. The fourth-order valence-corrected chi connectivity index (χ4v) is 3.97. The zero-order valence-electron chi connectivity index (χ0n) is 21.5. The van der Waals surface area contributed by atoms with Crippen LogP contribution in [0.5, 0.6) is 11.5 Å². The number of hydrogen-bond donors (Lipinski definition) is 1. The van der Waals surface area contributed by atoms with E-state index in [1.165, 1.54) is 12.0 Å². The Morgan fingerprint density at radius 1 is 0.921 bits per heavy atom. The molecule has 0 atom stereocenters. The molecule has 0 saturated heterocycles. The fourth-order valence-electron chi connectivity index (χ4n) is 3.68. The van der Waals surface area contributed by atoms with Gasteiger partial charge in [-0.25, -0.2) is 4.79 Å². The number of nitrogens with zero attached hydrogens (tertiary/aromatic N) is 2. The molecule has 0 unspecified atom stereocenters. The molecule has 38 heavy (non-hydrogen) atoms. The second kappa shape index (κ2) is 14.5. The summed E-state index contributed by atoms with van der Waals surface area (Å²) in [6.45, 7) is 0.946. The van der Waals surface area contributed by atoms with Gasteiger partial charge < -0.3 is 33.7 Å². The number of rotatable bonds is 13. The molecule has 2 aromatic carbocycles. The van der Waals surface area contributed by atoms with Crippen LogP contribution in [-0.4, -0.2) is 69.3 Å². The summed E-state index contributed by atoms with van der Waals surface area (Å²) in [5.41, 5.74) is 1.42. The first-order chi connectivity index (χ1) is 18.3. The standard InChI is InChI=1S/C27H31Cl2N3O6/c1-35-14-12-32(27(34)30-20-7-8-22(28)23(29)16-20)18-26(33)31(17-21-5-4-13-38-21)11-10-19-6-9-24(36-2)25(15-19)37-3/h4-9,13,15-16H,10-12,14,17-18H2,1-3H3,(H,30,34). The Kier molecular flexibility index (Phi) is 11.1. The minimum Gasteiger partial charge on any atom is -0.493 e. The zero-order chi connectivity index (χ0) is 27.5. The lowest BCUT2D eigenvalue weighted by Gasteiger charge is -2.27. The molecule has 9 nitrogen and oxygen atoms in total. The molecule has 204 valence electrons. The van der Waals surface area contributed by atoms with E-state index in [1.54, 1.807) is 55.7 Å². The minimum absolute atomic E-state index is 0.164. The average Bonchev–Trinajstić information content (AvgIpc) is 3.43. The van der Waals surface area contributed by atoms with Gasteiger partial charge in [0.15, 0.2) is 11.5 Å². The van der Waals surface area contributed by atoms with E-state index in [0.29, 0.717) is 46.0 Å². The van der Waals surface area contributed by atoms with E-state index in [4.69, 9.17) is 41.8 Å². The van der Waals surface area contributed by atoms with Gasteiger partial charge in [0, 0.05) is 25.9 Å². The van der Waals surface area contributed by atoms with Crippen molar-refractivity contribution in [2.24, 2.45) is 0 Å². The number of anilines is 1. The van der Waals surface area contributed by atoms with Crippen molar-refractivity contribution in [1.29, 1.82) is 0 Å². The van der Waals surface area contributed by atoms with Crippen molar-refractivity contribution in [1.82, 2.24) is 9.80 Å². The van der Waals surface area contributed by atoms with E-state index in [0.717, 1.165) is 5.56 Å². The van der Waals surface area contributed by atoms with Crippen LogP contribution in [0.2, 0.25) is 10.0 Å². The Hall–Kier alpha value is -3.40. The summed E-state index contributed by atoms with van der Waals surface area (Å²) in [6, 6.07) is 13.5. The molecule has 0 fully saturated rings. The highest BCUT2D eigenvalue weighted by molar-refractivity contribution is 6.42. The molecule has 0 radical (unpaired) electrons. The first-order valence-corrected chi connectivity index (χ1v) is 12.6. The maximum atomic E-state index is 13.5. The smallest absolute Gasteiger partial charge is 0.322 e.